The van der Waals surface area contributed by atoms with Gasteiger partial charge in [0, 0.05) is 26.2 Å². The van der Waals surface area contributed by atoms with Crippen LogP contribution in [0.1, 0.15) is 52.9 Å². The van der Waals surface area contributed by atoms with Gasteiger partial charge in [0.15, 0.2) is 0 Å². The maximum atomic E-state index is 11.5. The third-order valence-electron chi connectivity index (χ3n) is 4.42. The van der Waals surface area contributed by atoms with Crippen molar-refractivity contribution in [3.63, 3.8) is 0 Å². The summed E-state index contributed by atoms with van der Waals surface area (Å²) < 4.78 is 5.26. The number of hydrogen-bond donors (Lipinski definition) is 3. The fraction of sp³-hybridized carbons (Fsp3) is 0.778. The SMILES string of the molecule is CC(C)(C)OC(=O)N1CCCCC1.O=C1N2CCCC(C2)N1O.O=CNNC=O. The van der Waals surface area contributed by atoms with Crippen LogP contribution in [-0.2, 0) is 14.3 Å². The number of likely N-dealkylation sites (tertiary alicyclic amines) is 1. The summed E-state index contributed by atoms with van der Waals surface area (Å²) in [4.78, 5) is 44.5. The van der Waals surface area contributed by atoms with Crippen LogP contribution < -0.4 is 10.9 Å². The van der Waals surface area contributed by atoms with Crippen LogP contribution >= 0.6 is 0 Å². The number of nitrogens with zero attached hydrogens (tertiary/aromatic N) is 3. The number of urea groups is 1. The van der Waals surface area contributed by atoms with Gasteiger partial charge in [-0.25, -0.2) is 14.7 Å². The number of nitrogens with one attached hydrogen (secondary N) is 2. The van der Waals surface area contributed by atoms with Gasteiger partial charge in [-0.2, -0.15) is 0 Å². The van der Waals surface area contributed by atoms with Gasteiger partial charge < -0.3 is 14.5 Å². The molecule has 3 saturated heterocycles. The molecule has 29 heavy (non-hydrogen) atoms. The highest BCUT2D eigenvalue weighted by molar-refractivity contribution is 5.76. The zero-order valence-electron chi connectivity index (χ0n) is 17.4. The molecule has 166 valence electrons. The van der Waals surface area contributed by atoms with Crippen molar-refractivity contribution in [1.29, 1.82) is 0 Å². The lowest BCUT2D eigenvalue weighted by Crippen LogP contribution is -2.39. The molecule has 3 aliphatic heterocycles. The highest BCUT2D eigenvalue weighted by Crippen LogP contribution is 2.22. The Hall–Kier alpha value is -2.56. The summed E-state index contributed by atoms with van der Waals surface area (Å²) in [5.41, 5.74) is 3.43. The van der Waals surface area contributed by atoms with Gasteiger partial charge in [-0.05, 0) is 52.9 Å². The van der Waals surface area contributed by atoms with Crippen LogP contribution in [0.25, 0.3) is 0 Å². The minimum atomic E-state index is -0.367. The molecule has 3 heterocycles. The minimum Gasteiger partial charge on any atom is -0.444 e. The molecule has 0 aromatic heterocycles. The lowest BCUT2D eigenvalue weighted by Gasteiger charge is -2.29. The second-order valence-corrected chi connectivity index (χ2v) is 7.92. The van der Waals surface area contributed by atoms with Crippen molar-refractivity contribution in [2.75, 3.05) is 26.2 Å². The average molecular weight is 415 g/mol. The first-order chi connectivity index (χ1) is 13.7. The van der Waals surface area contributed by atoms with Crippen molar-refractivity contribution in [3.05, 3.63) is 0 Å². The van der Waals surface area contributed by atoms with Gasteiger partial charge in [-0.15, -0.1) is 0 Å². The summed E-state index contributed by atoms with van der Waals surface area (Å²) in [5, 5.41) is 9.98. The lowest BCUT2D eigenvalue weighted by atomic mass is 10.1. The Morgan fingerprint density at radius 3 is 2.10 bits per heavy atom. The first-order valence-corrected chi connectivity index (χ1v) is 9.83. The number of hydrazine groups is 1. The van der Waals surface area contributed by atoms with E-state index in [0.717, 1.165) is 56.9 Å². The summed E-state index contributed by atoms with van der Waals surface area (Å²) in [6.07, 6.45) is 6.00. The van der Waals surface area contributed by atoms with Gasteiger partial charge in [0.1, 0.15) is 5.60 Å². The number of hydroxylamine groups is 2. The van der Waals surface area contributed by atoms with Gasteiger partial charge in [-0.3, -0.25) is 25.6 Å². The molecular formula is C18H33N5O6. The van der Waals surface area contributed by atoms with Gasteiger partial charge >= 0.3 is 12.1 Å². The second kappa shape index (κ2) is 12.1. The molecule has 0 aliphatic carbocycles. The molecule has 11 nitrogen and oxygen atoms in total. The van der Waals surface area contributed by atoms with Crippen molar-refractivity contribution in [1.82, 2.24) is 25.7 Å². The summed E-state index contributed by atoms with van der Waals surface area (Å²) in [5.74, 6) is 0. The van der Waals surface area contributed by atoms with E-state index in [-0.39, 0.29) is 23.8 Å². The number of ether oxygens (including phenoxy) is 1. The van der Waals surface area contributed by atoms with Gasteiger partial charge in [0.25, 0.3) is 0 Å². The first kappa shape index (κ1) is 24.5. The monoisotopic (exact) mass is 415 g/mol. The van der Waals surface area contributed by atoms with E-state index in [1.807, 2.05) is 31.6 Å². The Labute approximate surface area is 171 Å². The standard InChI is InChI=1S/C10H19NO2.C6H10N2O2.C2H4N2O2/c1-10(2,3)13-9(12)11-7-5-4-6-8-11;9-6-7-3-1-2-5(4-7)8(6)10;5-1-3-4-2-6/h4-8H2,1-3H3;5,10H,1-4H2;1-2H,(H,3,5)(H,4,6). The molecule has 1 unspecified atom stereocenters. The summed E-state index contributed by atoms with van der Waals surface area (Å²) >= 11 is 0. The molecule has 3 aliphatic rings. The molecule has 11 heteroatoms. The van der Waals surface area contributed by atoms with Crippen molar-refractivity contribution in [2.45, 2.75) is 64.5 Å². The number of carbonyl (C=O) groups is 4. The quantitative estimate of drug-likeness (QED) is 0.273. The summed E-state index contributed by atoms with van der Waals surface area (Å²) in [6.45, 7) is 8.93. The number of fused-ring (bicyclic) bond motifs is 2. The number of rotatable bonds is 3. The van der Waals surface area contributed by atoms with Gasteiger partial charge in [-0.1, -0.05) is 0 Å². The minimum absolute atomic E-state index is 0.0706. The first-order valence-electron chi connectivity index (χ1n) is 9.83. The average Bonchev–Trinajstić information content (AvgIpc) is 2.89. The molecule has 0 aromatic carbocycles. The molecule has 3 N–H and O–H groups in total. The second-order valence-electron chi connectivity index (χ2n) is 7.92. The smallest absolute Gasteiger partial charge is 0.410 e. The van der Waals surface area contributed by atoms with E-state index >= 15 is 0 Å². The molecular weight excluding hydrogens is 382 g/mol. The van der Waals surface area contributed by atoms with Crippen molar-refractivity contribution < 1.29 is 29.1 Å². The number of carbonyl (C=O) groups excluding carboxylic acids is 4. The number of piperidine rings is 2. The fourth-order valence-electron chi connectivity index (χ4n) is 3.10. The van der Waals surface area contributed by atoms with Crippen molar-refractivity contribution in [3.8, 4) is 0 Å². The van der Waals surface area contributed by atoms with Gasteiger partial charge in [0.2, 0.25) is 12.8 Å². The van der Waals surface area contributed by atoms with Crippen LogP contribution in [0.3, 0.4) is 0 Å². The number of amides is 5. The van der Waals surface area contributed by atoms with E-state index in [4.69, 9.17) is 9.94 Å². The zero-order chi connectivity index (χ0) is 21.9. The Kier molecular flexibility index (Phi) is 10.2. The Morgan fingerprint density at radius 2 is 1.66 bits per heavy atom. The molecule has 5 amide bonds. The summed E-state index contributed by atoms with van der Waals surface area (Å²) in [7, 11) is 0. The van der Waals surface area contributed by atoms with Crippen LogP contribution in [-0.4, -0.2) is 82.8 Å². The van der Waals surface area contributed by atoms with Gasteiger partial charge in [0.05, 0.1) is 6.04 Å². The normalized spacial score (nSPS) is 20.5. The van der Waals surface area contributed by atoms with Crippen molar-refractivity contribution >= 4 is 24.9 Å². The molecule has 3 rings (SSSR count). The Morgan fingerprint density at radius 1 is 1.07 bits per heavy atom. The van der Waals surface area contributed by atoms with E-state index in [2.05, 4.69) is 0 Å². The maximum absolute atomic E-state index is 11.5. The van der Waals surface area contributed by atoms with E-state index in [0.29, 0.717) is 12.8 Å². The zero-order valence-corrected chi connectivity index (χ0v) is 17.4. The van der Waals surface area contributed by atoms with Crippen LogP contribution in [0, 0.1) is 0 Å². The van der Waals surface area contributed by atoms with E-state index in [1.54, 1.807) is 9.80 Å². The van der Waals surface area contributed by atoms with Crippen LogP contribution in [0.2, 0.25) is 0 Å². The van der Waals surface area contributed by atoms with E-state index in [9.17, 15) is 19.2 Å². The molecule has 0 aromatic rings. The molecule has 2 bridgehead atoms. The molecule has 1 atom stereocenters. The highest BCUT2D eigenvalue weighted by Gasteiger charge is 2.38. The predicted octanol–water partition coefficient (Wildman–Crippen LogP) is 1.08. The third-order valence-corrected chi connectivity index (χ3v) is 4.42. The molecule has 0 saturated carbocycles. The molecule has 0 spiro atoms. The fourth-order valence-corrected chi connectivity index (χ4v) is 3.10. The highest BCUT2D eigenvalue weighted by atomic mass is 16.6. The lowest BCUT2D eigenvalue weighted by molar-refractivity contribution is -0.116. The molecule has 3 fully saturated rings. The summed E-state index contributed by atoms with van der Waals surface area (Å²) in [6, 6.07) is -0.149. The Bertz CT molecular complexity index is 535. The van der Waals surface area contributed by atoms with E-state index < -0.39 is 0 Å². The topological polar surface area (TPSA) is 132 Å². The maximum Gasteiger partial charge on any atom is 0.410 e. The predicted molar refractivity (Wildman–Crippen MR) is 104 cm³/mol. The van der Waals surface area contributed by atoms with Crippen molar-refractivity contribution in [2.24, 2.45) is 0 Å². The van der Waals surface area contributed by atoms with E-state index in [1.165, 1.54) is 6.42 Å². The third kappa shape index (κ3) is 8.99. The molecule has 0 radical (unpaired) electrons. The Balaban J connectivity index is 0.000000233. The number of hydrogen-bond acceptors (Lipinski definition) is 6. The van der Waals surface area contributed by atoms with Crippen LogP contribution in [0.15, 0.2) is 0 Å². The van der Waals surface area contributed by atoms with Crippen LogP contribution in [0.5, 0.6) is 0 Å². The van der Waals surface area contributed by atoms with Crippen LogP contribution in [0.4, 0.5) is 9.59 Å². The largest absolute Gasteiger partial charge is 0.444 e.